The van der Waals surface area contributed by atoms with Crippen LogP contribution < -0.4 is 10.1 Å². The van der Waals surface area contributed by atoms with Gasteiger partial charge in [-0.05, 0) is 30.7 Å². The highest BCUT2D eigenvalue weighted by Crippen LogP contribution is 2.20. The van der Waals surface area contributed by atoms with Crippen molar-refractivity contribution in [3.05, 3.63) is 65.5 Å². The van der Waals surface area contributed by atoms with Crippen LogP contribution in [-0.4, -0.2) is 13.0 Å². The van der Waals surface area contributed by atoms with E-state index in [9.17, 15) is 9.18 Å². The van der Waals surface area contributed by atoms with E-state index in [0.29, 0.717) is 11.3 Å². The molecule has 110 valence electrons. The second kappa shape index (κ2) is 6.88. The second-order valence-electron chi connectivity index (χ2n) is 4.83. The number of rotatable bonds is 5. The Morgan fingerprint density at radius 2 is 1.95 bits per heavy atom. The summed E-state index contributed by atoms with van der Waals surface area (Å²) >= 11 is 0. The van der Waals surface area contributed by atoms with E-state index in [2.05, 4.69) is 5.32 Å². The molecule has 0 aliphatic heterocycles. The van der Waals surface area contributed by atoms with Gasteiger partial charge in [0.25, 0.3) is 0 Å². The lowest BCUT2D eigenvalue weighted by molar-refractivity contribution is -0.121. The number of hydrogen-bond acceptors (Lipinski definition) is 2. The fraction of sp³-hybridized carbons (Fsp3) is 0.235. The van der Waals surface area contributed by atoms with Gasteiger partial charge in [-0.1, -0.05) is 30.3 Å². The fourth-order valence-corrected chi connectivity index (χ4v) is 2.18. The highest BCUT2D eigenvalue weighted by Gasteiger charge is 2.13. The molecule has 0 saturated carbocycles. The van der Waals surface area contributed by atoms with Crippen molar-refractivity contribution in [2.75, 3.05) is 7.11 Å². The molecule has 2 aromatic carbocycles. The van der Waals surface area contributed by atoms with E-state index in [1.165, 1.54) is 25.3 Å². The summed E-state index contributed by atoms with van der Waals surface area (Å²) in [6.07, 6.45) is 0.0815. The summed E-state index contributed by atoms with van der Waals surface area (Å²) < 4.78 is 18.4. The first-order valence-electron chi connectivity index (χ1n) is 6.77. The van der Waals surface area contributed by atoms with Crippen LogP contribution in [0.4, 0.5) is 4.39 Å². The number of hydrogen-bond donors (Lipinski definition) is 1. The van der Waals surface area contributed by atoms with Crippen molar-refractivity contribution in [3.63, 3.8) is 0 Å². The first-order chi connectivity index (χ1) is 10.1. The molecule has 0 bridgehead atoms. The smallest absolute Gasteiger partial charge is 0.225 e. The average molecular weight is 287 g/mol. The lowest BCUT2D eigenvalue weighted by atomic mass is 10.1. The molecule has 0 spiro atoms. The number of benzene rings is 2. The summed E-state index contributed by atoms with van der Waals surface area (Å²) in [5, 5.41) is 2.90. The lowest BCUT2D eigenvalue weighted by Crippen LogP contribution is -2.28. The third-order valence-corrected chi connectivity index (χ3v) is 3.27. The molecule has 1 atom stereocenters. The van der Waals surface area contributed by atoms with Crippen LogP contribution in [0.25, 0.3) is 0 Å². The third kappa shape index (κ3) is 4.05. The van der Waals surface area contributed by atoms with Crippen LogP contribution in [-0.2, 0) is 11.2 Å². The number of carbonyl (C=O) groups is 1. The molecule has 0 radical (unpaired) electrons. The van der Waals surface area contributed by atoms with E-state index in [4.69, 9.17) is 4.74 Å². The van der Waals surface area contributed by atoms with Gasteiger partial charge in [0, 0.05) is 5.56 Å². The minimum atomic E-state index is -0.380. The first kappa shape index (κ1) is 15.0. The molecule has 1 N–H and O–H groups in total. The maximum atomic E-state index is 13.3. The van der Waals surface area contributed by atoms with Gasteiger partial charge >= 0.3 is 0 Å². The van der Waals surface area contributed by atoms with Crippen LogP contribution >= 0.6 is 0 Å². The summed E-state index contributed by atoms with van der Waals surface area (Å²) in [7, 11) is 1.50. The zero-order chi connectivity index (χ0) is 15.2. The van der Waals surface area contributed by atoms with Gasteiger partial charge in [-0.2, -0.15) is 0 Å². The zero-order valence-electron chi connectivity index (χ0n) is 12.1. The molecular weight excluding hydrogens is 269 g/mol. The summed E-state index contributed by atoms with van der Waals surface area (Å²) in [5.41, 5.74) is 1.56. The Kier molecular flexibility index (Phi) is 4.93. The first-order valence-corrected chi connectivity index (χ1v) is 6.77. The van der Waals surface area contributed by atoms with Crippen molar-refractivity contribution in [1.82, 2.24) is 5.32 Å². The normalized spacial score (nSPS) is 11.8. The van der Waals surface area contributed by atoms with Gasteiger partial charge in [-0.25, -0.2) is 4.39 Å². The molecule has 3 nitrogen and oxygen atoms in total. The van der Waals surface area contributed by atoms with Gasteiger partial charge in [0.15, 0.2) is 0 Å². The van der Waals surface area contributed by atoms with Crippen LogP contribution in [0.2, 0.25) is 0 Å². The summed E-state index contributed by atoms with van der Waals surface area (Å²) in [5.74, 6) is -0.0381. The molecular formula is C17H18FNO2. The van der Waals surface area contributed by atoms with Gasteiger partial charge in [-0.3, -0.25) is 4.79 Å². The third-order valence-electron chi connectivity index (χ3n) is 3.27. The van der Waals surface area contributed by atoms with Gasteiger partial charge in [0.1, 0.15) is 11.6 Å². The quantitative estimate of drug-likeness (QED) is 0.916. The number of nitrogens with one attached hydrogen (secondary N) is 1. The van der Waals surface area contributed by atoms with Gasteiger partial charge in [0.2, 0.25) is 5.91 Å². The maximum absolute atomic E-state index is 13.3. The van der Waals surface area contributed by atoms with Gasteiger partial charge in [0.05, 0.1) is 19.6 Å². The number of amides is 1. The fourth-order valence-electron chi connectivity index (χ4n) is 2.18. The summed E-state index contributed by atoms with van der Waals surface area (Å²) in [6.45, 7) is 1.91. The summed E-state index contributed by atoms with van der Waals surface area (Å²) in [6, 6.07) is 13.7. The number of halogens is 1. The Morgan fingerprint density at radius 3 is 2.62 bits per heavy atom. The average Bonchev–Trinajstić information content (AvgIpc) is 2.48. The molecule has 21 heavy (non-hydrogen) atoms. The van der Waals surface area contributed by atoms with Crippen LogP contribution in [0.3, 0.4) is 0 Å². The Balaban J connectivity index is 2.04. The molecule has 0 aromatic heterocycles. The minimum Gasteiger partial charge on any atom is -0.496 e. The van der Waals surface area contributed by atoms with Crippen molar-refractivity contribution in [2.24, 2.45) is 0 Å². The molecule has 2 aromatic rings. The van der Waals surface area contributed by atoms with Crippen LogP contribution in [0.5, 0.6) is 5.75 Å². The van der Waals surface area contributed by atoms with E-state index in [-0.39, 0.29) is 24.2 Å². The predicted molar refractivity (Wildman–Crippen MR) is 79.7 cm³/mol. The topological polar surface area (TPSA) is 38.3 Å². The standard InChI is InChI=1S/C17H18FNO2/c1-12(13-6-4-3-5-7-13)19-17(20)11-14-10-15(18)8-9-16(14)21-2/h3-10,12H,11H2,1-2H3,(H,19,20). The van der Waals surface area contributed by atoms with Crippen molar-refractivity contribution in [3.8, 4) is 5.75 Å². The molecule has 4 heteroatoms. The van der Waals surface area contributed by atoms with E-state index >= 15 is 0 Å². The molecule has 0 aliphatic carbocycles. The molecule has 2 rings (SSSR count). The lowest BCUT2D eigenvalue weighted by Gasteiger charge is -2.15. The van der Waals surface area contributed by atoms with Crippen molar-refractivity contribution < 1.29 is 13.9 Å². The molecule has 0 saturated heterocycles. The number of carbonyl (C=O) groups excluding carboxylic acids is 1. The predicted octanol–water partition coefficient (Wildman–Crippen LogP) is 3.25. The molecule has 0 heterocycles. The van der Waals surface area contributed by atoms with Crippen LogP contribution in [0.15, 0.2) is 48.5 Å². The maximum Gasteiger partial charge on any atom is 0.225 e. The number of methoxy groups -OCH3 is 1. The van der Waals surface area contributed by atoms with Crippen molar-refractivity contribution >= 4 is 5.91 Å². The van der Waals surface area contributed by atoms with Crippen molar-refractivity contribution in [2.45, 2.75) is 19.4 Å². The van der Waals surface area contributed by atoms with Gasteiger partial charge < -0.3 is 10.1 Å². The number of ether oxygens (including phenoxy) is 1. The SMILES string of the molecule is COc1ccc(F)cc1CC(=O)NC(C)c1ccccc1. The van der Waals surface area contributed by atoms with Gasteiger partial charge in [-0.15, -0.1) is 0 Å². The molecule has 1 unspecified atom stereocenters. The highest BCUT2D eigenvalue weighted by molar-refractivity contribution is 5.79. The Hall–Kier alpha value is -2.36. The Bertz CT molecular complexity index is 613. The monoisotopic (exact) mass is 287 g/mol. The van der Waals surface area contributed by atoms with E-state index in [1.54, 1.807) is 0 Å². The molecule has 0 fully saturated rings. The molecule has 0 aliphatic rings. The largest absolute Gasteiger partial charge is 0.496 e. The van der Waals surface area contributed by atoms with E-state index in [0.717, 1.165) is 5.56 Å². The Morgan fingerprint density at radius 1 is 1.24 bits per heavy atom. The zero-order valence-corrected chi connectivity index (χ0v) is 12.1. The Labute approximate surface area is 123 Å². The van der Waals surface area contributed by atoms with Crippen LogP contribution in [0, 0.1) is 5.82 Å². The van der Waals surface area contributed by atoms with Crippen LogP contribution in [0.1, 0.15) is 24.1 Å². The molecule has 1 amide bonds. The van der Waals surface area contributed by atoms with E-state index in [1.807, 2.05) is 37.3 Å². The van der Waals surface area contributed by atoms with E-state index < -0.39 is 0 Å². The minimum absolute atomic E-state index is 0.0815. The summed E-state index contributed by atoms with van der Waals surface area (Å²) in [4.78, 5) is 12.1. The second-order valence-corrected chi connectivity index (χ2v) is 4.83. The highest BCUT2D eigenvalue weighted by atomic mass is 19.1. The van der Waals surface area contributed by atoms with Crippen molar-refractivity contribution in [1.29, 1.82) is 0 Å².